The quantitative estimate of drug-likeness (QED) is 0.380. The molecule has 5 rings (SSSR count). The fourth-order valence-electron chi connectivity index (χ4n) is 4.54. The molecule has 0 spiro atoms. The number of hydrogen-bond acceptors (Lipinski definition) is 1. The van der Waals surface area contributed by atoms with Crippen LogP contribution in [0.15, 0.2) is 84.9 Å². The molecule has 1 nitrogen and oxygen atoms in total. The summed E-state index contributed by atoms with van der Waals surface area (Å²) in [5.74, 6) is 0. The second-order valence-electron chi connectivity index (χ2n) is 7.96. The number of nitrogens with zero attached hydrogens (tertiary/aromatic N) is 1. The maximum Gasteiger partial charge on any atom is 0.0491 e. The van der Waals surface area contributed by atoms with Gasteiger partial charge in [-0.3, -0.25) is 0 Å². The number of rotatable bonds is 2. The topological polar surface area (TPSA) is 3.24 Å². The lowest BCUT2D eigenvalue weighted by molar-refractivity contribution is 0.660. The minimum absolute atomic E-state index is 0.0339. The molecule has 0 aromatic heterocycles. The molecule has 0 heterocycles. The molecule has 0 saturated heterocycles. The van der Waals surface area contributed by atoms with E-state index in [1.54, 1.807) is 0 Å². The van der Waals surface area contributed by atoms with Crippen LogP contribution >= 0.6 is 0 Å². The standard InChI is InChI=1S/C26H23N/c1-26(2)22-12-7-6-11-21(22)25-23(26)13-8-14-24(25)27(3)20-16-15-18-9-4-5-10-19(18)17-20/h4-17H,1-3H3. The predicted molar refractivity (Wildman–Crippen MR) is 116 cm³/mol. The monoisotopic (exact) mass is 349 g/mol. The van der Waals surface area contributed by atoms with Gasteiger partial charge in [0.05, 0.1) is 0 Å². The van der Waals surface area contributed by atoms with E-state index in [9.17, 15) is 0 Å². The van der Waals surface area contributed by atoms with Crippen molar-refractivity contribution in [3.05, 3.63) is 96.1 Å². The van der Waals surface area contributed by atoms with E-state index in [1.807, 2.05) is 0 Å². The van der Waals surface area contributed by atoms with Crippen molar-refractivity contribution in [2.75, 3.05) is 11.9 Å². The first-order chi connectivity index (χ1) is 13.1. The smallest absolute Gasteiger partial charge is 0.0491 e. The van der Waals surface area contributed by atoms with Crippen molar-refractivity contribution in [2.24, 2.45) is 0 Å². The van der Waals surface area contributed by atoms with Gasteiger partial charge in [0.25, 0.3) is 0 Å². The van der Waals surface area contributed by atoms with Crippen LogP contribution < -0.4 is 4.90 Å². The zero-order chi connectivity index (χ0) is 18.6. The van der Waals surface area contributed by atoms with Crippen molar-refractivity contribution in [1.29, 1.82) is 0 Å². The number of fused-ring (bicyclic) bond motifs is 4. The minimum atomic E-state index is 0.0339. The molecule has 1 heteroatoms. The third-order valence-electron chi connectivity index (χ3n) is 6.07. The summed E-state index contributed by atoms with van der Waals surface area (Å²) in [6.45, 7) is 4.66. The fraction of sp³-hybridized carbons (Fsp3) is 0.154. The molecule has 0 unspecified atom stereocenters. The van der Waals surface area contributed by atoms with Crippen LogP contribution in [0.4, 0.5) is 11.4 Å². The van der Waals surface area contributed by atoms with Crippen molar-refractivity contribution >= 4 is 22.1 Å². The highest BCUT2D eigenvalue weighted by molar-refractivity contribution is 5.93. The molecule has 0 aliphatic heterocycles. The Bertz CT molecular complexity index is 1170. The summed E-state index contributed by atoms with van der Waals surface area (Å²) in [7, 11) is 2.17. The van der Waals surface area contributed by atoms with Crippen molar-refractivity contribution in [2.45, 2.75) is 19.3 Å². The zero-order valence-electron chi connectivity index (χ0n) is 16.0. The highest BCUT2D eigenvalue weighted by Gasteiger charge is 2.36. The van der Waals surface area contributed by atoms with Crippen LogP contribution in [-0.2, 0) is 5.41 Å². The van der Waals surface area contributed by atoms with Gasteiger partial charge in [0.1, 0.15) is 0 Å². The van der Waals surface area contributed by atoms with Crippen LogP contribution in [0, 0.1) is 0 Å². The molecular formula is C26H23N. The Labute approximate surface area is 160 Å². The molecule has 4 aromatic rings. The van der Waals surface area contributed by atoms with Gasteiger partial charge in [0.2, 0.25) is 0 Å². The maximum absolute atomic E-state index is 2.33. The van der Waals surface area contributed by atoms with E-state index in [2.05, 4.69) is 111 Å². The van der Waals surface area contributed by atoms with Gasteiger partial charge in [0, 0.05) is 29.4 Å². The highest BCUT2D eigenvalue weighted by atomic mass is 15.1. The van der Waals surface area contributed by atoms with Crippen LogP contribution in [0.5, 0.6) is 0 Å². The summed E-state index contributed by atoms with van der Waals surface area (Å²) in [5, 5.41) is 2.55. The van der Waals surface area contributed by atoms with Crippen LogP contribution in [0.1, 0.15) is 25.0 Å². The fourth-order valence-corrected chi connectivity index (χ4v) is 4.54. The molecule has 4 aromatic carbocycles. The summed E-state index contributed by atoms with van der Waals surface area (Å²) in [6, 6.07) is 30.8. The highest BCUT2D eigenvalue weighted by Crippen LogP contribution is 2.52. The number of benzene rings is 4. The summed E-state index contributed by atoms with van der Waals surface area (Å²) < 4.78 is 0. The molecule has 0 radical (unpaired) electrons. The van der Waals surface area contributed by atoms with Gasteiger partial charge in [-0.05, 0) is 45.7 Å². The first kappa shape index (κ1) is 16.1. The van der Waals surface area contributed by atoms with E-state index < -0.39 is 0 Å². The third-order valence-corrected chi connectivity index (χ3v) is 6.07. The molecule has 27 heavy (non-hydrogen) atoms. The van der Waals surface area contributed by atoms with Crippen LogP contribution in [-0.4, -0.2) is 7.05 Å². The van der Waals surface area contributed by atoms with Gasteiger partial charge in [-0.25, -0.2) is 0 Å². The van der Waals surface area contributed by atoms with Gasteiger partial charge in [0.15, 0.2) is 0 Å². The lowest BCUT2D eigenvalue weighted by Crippen LogP contribution is -2.15. The summed E-state index contributed by atoms with van der Waals surface area (Å²) in [4.78, 5) is 2.32. The molecule has 132 valence electrons. The second-order valence-corrected chi connectivity index (χ2v) is 7.96. The molecule has 0 fully saturated rings. The lowest BCUT2D eigenvalue weighted by Gasteiger charge is -2.25. The van der Waals surface area contributed by atoms with Crippen LogP contribution in [0.2, 0.25) is 0 Å². The van der Waals surface area contributed by atoms with Gasteiger partial charge in [-0.1, -0.05) is 80.6 Å². The van der Waals surface area contributed by atoms with E-state index >= 15 is 0 Å². The number of hydrogen-bond donors (Lipinski definition) is 0. The molecule has 1 aliphatic carbocycles. The molecule has 0 saturated carbocycles. The molecule has 1 aliphatic rings. The van der Waals surface area contributed by atoms with Crippen LogP contribution in [0.3, 0.4) is 0 Å². The molecule has 0 N–H and O–H groups in total. The number of anilines is 2. The zero-order valence-corrected chi connectivity index (χ0v) is 16.0. The Morgan fingerprint density at radius 2 is 1.37 bits per heavy atom. The third kappa shape index (κ3) is 2.31. The van der Waals surface area contributed by atoms with Crippen molar-refractivity contribution in [3.8, 4) is 11.1 Å². The van der Waals surface area contributed by atoms with Gasteiger partial charge >= 0.3 is 0 Å². The van der Waals surface area contributed by atoms with Crippen molar-refractivity contribution in [3.63, 3.8) is 0 Å². The van der Waals surface area contributed by atoms with Gasteiger partial charge < -0.3 is 4.90 Å². The van der Waals surface area contributed by atoms with Gasteiger partial charge in [-0.2, -0.15) is 0 Å². The average Bonchev–Trinajstić information content (AvgIpc) is 2.95. The first-order valence-electron chi connectivity index (χ1n) is 9.53. The molecule has 0 bridgehead atoms. The second kappa shape index (κ2) is 5.72. The van der Waals surface area contributed by atoms with E-state index in [-0.39, 0.29) is 5.41 Å². The Kier molecular flexibility index (Phi) is 3.42. The van der Waals surface area contributed by atoms with E-state index in [0.717, 1.165) is 0 Å². The Hall–Kier alpha value is -3.06. The summed E-state index contributed by atoms with van der Waals surface area (Å²) in [6.07, 6.45) is 0. The SMILES string of the molecule is CN(c1ccc2ccccc2c1)c1cccc2c1-c1ccccc1C2(C)C. The van der Waals surface area contributed by atoms with Crippen molar-refractivity contribution < 1.29 is 0 Å². The largest absolute Gasteiger partial charge is 0.344 e. The Balaban J connectivity index is 1.70. The van der Waals surface area contributed by atoms with E-state index in [0.29, 0.717) is 0 Å². The Morgan fingerprint density at radius 3 is 2.22 bits per heavy atom. The van der Waals surface area contributed by atoms with Gasteiger partial charge in [-0.15, -0.1) is 0 Å². The Morgan fingerprint density at radius 1 is 0.667 bits per heavy atom. The summed E-state index contributed by atoms with van der Waals surface area (Å²) in [5.41, 5.74) is 8.07. The van der Waals surface area contributed by atoms with Crippen LogP contribution in [0.25, 0.3) is 21.9 Å². The summed E-state index contributed by atoms with van der Waals surface area (Å²) >= 11 is 0. The average molecular weight is 349 g/mol. The van der Waals surface area contributed by atoms with E-state index in [1.165, 1.54) is 44.4 Å². The molecule has 0 amide bonds. The molecule has 0 atom stereocenters. The van der Waals surface area contributed by atoms with E-state index in [4.69, 9.17) is 0 Å². The first-order valence-corrected chi connectivity index (χ1v) is 9.53. The maximum atomic E-state index is 2.33. The predicted octanol–water partition coefficient (Wildman–Crippen LogP) is 6.91. The minimum Gasteiger partial charge on any atom is -0.344 e. The van der Waals surface area contributed by atoms with Crippen molar-refractivity contribution in [1.82, 2.24) is 0 Å². The molecular weight excluding hydrogens is 326 g/mol. The normalized spacial score (nSPS) is 14.0. The lowest BCUT2D eigenvalue weighted by atomic mass is 9.82.